The van der Waals surface area contributed by atoms with Crippen LogP contribution in [0.5, 0.6) is 11.5 Å². The van der Waals surface area contributed by atoms with Gasteiger partial charge in [0.25, 0.3) is 0 Å². The number of methoxy groups -OCH3 is 1. The molecule has 18 heavy (non-hydrogen) atoms. The molecule has 1 rings (SSSR count). The van der Waals surface area contributed by atoms with Crippen LogP contribution in [0.4, 0.5) is 0 Å². The molecule has 5 heteroatoms. The number of aliphatic carboxylic acids is 1. The van der Waals surface area contributed by atoms with Gasteiger partial charge in [0, 0.05) is 18.0 Å². The quantitative estimate of drug-likeness (QED) is 0.735. The van der Waals surface area contributed by atoms with Gasteiger partial charge in [-0.2, -0.15) is 0 Å². The SMILES string of the molecule is CCCOc1ccc([C@H]([NH3+])CC(=O)[O-])cc1OC. The highest BCUT2D eigenvalue weighted by atomic mass is 16.5. The maximum atomic E-state index is 10.5. The summed E-state index contributed by atoms with van der Waals surface area (Å²) in [7, 11) is 1.55. The summed E-state index contributed by atoms with van der Waals surface area (Å²) in [5.41, 5.74) is 4.59. The molecule has 0 aliphatic heterocycles. The third-order valence-electron chi connectivity index (χ3n) is 2.53. The summed E-state index contributed by atoms with van der Waals surface area (Å²) in [6.45, 7) is 2.63. The van der Waals surface area contributed by atoms with Crippen LogP contribution in [-0.2, 0) is 4.79 Å². The third-order valence-corrected chi connectivity index (χ3v) is 2.53. The van der Waals surface area contributed by atoms with Gasteiger partial charge in [-0.15, -0.1) is 0 Å². The van der Waals surface area contributed by atoms with Crippen molar-refractivity contribution in [1.29, 1.82) is 0 Å². The highest BCUT2D eigenvalue weighted by molar-refractivity contribution is 5.65. The minimum absolute atomic E-state index is 0.113. The van der Waals surface area contributed by atoms with Gasteiger partial charge < -0.3 is 25.1 Å². The average molecular weight is 253 g/mol. The largest absolute Gasteiger partial charge is 0.550 e. The van der Waals surface area contributed by atoms with Crippen molar-refractivity contribution in [1.82, 2.24) is 0 Å². The van der Waals surface area contributed by atoms with Crippen molar-refractivity contribution in [3.63, 3.8) is 0 Å². The van der Waals surface area contributed by atoms with Crippen molar-refractivity contribution >= 4 is 5.97 Å². The summed E-state index contributed by atoms with van der Waals surface area (Å²) in [6, 6.07) is 4.97. The number of rotatable bonds is 7. The normalized spacial score (nSPS) is 11.9. The number of hydrogen-bond donors (Lipinski definition) is 1. The molecule has 0 heterocycles. The topological polar surface area (TPSA) is 86.2 Å². The predicted molar refractivity (Wildman–Crippen MR) is 64.0 cm³/mol. The Morgan fingerprint density at radius 2 is 2.17 bits per heavy atom. The van der Waals surface area contributed by atoms with Gasteiger partial charge >= 0.3 is 0 Å². The van der Waals surface area contributed by atoms with E-state index >= 15 is 0 Å². The second-order valence-electron chi connectivity index (χ2n) is 4.03. The van der Waals surface area contributed by atoms with Crippen molar-refractivity contribution in [3.8, 4) is 11.5 Å². The van der Waals surface area contributed by atoms with E-state index in [0.29, 0.717) is 18.1 Å². The van der Waals surface area contributed by atoms with Crippen molar-refractivity contribution < 1.29 is 25.1 Å². The number of benzene rings is 1. The molecule has 3 N–H and O–H groups in total. The zero-order valence-corrected chi connectivity index (χ0v) is 10.8. The van der Waals surface area contributed by atoms with Gasteiger partial charge in [0.2, 0.25) is 0 Å². The van der Waals surface area contributed by atoms with Gasteiger partial charge in [0.15, 0.2) is 11.5 Å². The molecular formula is C13H19NO4. The monoisotopic (exact) mass is 253 g/mol. The Labute approximate surface area is 107 Å². The third kappa shape index (κ3) is 3.92. The molecule has 0 aromatic heterocycles. The van der Waals surface area contributed by atoms with Crippen LogP contribution in [0.2, 0.25) is 0 Å². The van der Waals surface area contributed by atoms with Crippen LogP contribution in [-0.4, -0.2) is 19.7 Å². The Kier molecular flexibility index (Phi) is 5.45. The molecule has 0 spiro atoms. The zero-order chi connectivity index (χ0) is 13.5. The molecule has 0 saturated heterocycles. The summed E-state index contributed by atoms with van der Waals surface area (Å²) in [4.78, 5) is 10.5. The standard InChI is InChI=1S/C13H19NO4/c1-3-6-18-11-5-4-9(7-12(11)17-2)10(14)8-13(15)16/h4-5,7,10H,3,6,8,14H2,1-2H3,(H,15,16)/t10-/m1/s1. The number of carbonyl (C=O) groups excluding carboxylic acids is 1. The van der Waals surface area contributed by atoms with Crippen LogP contribution in [0.25, 0.3) is 0 Å². The van der Waals surface area contributed by atoms with Crippen LogP contribution in [0.3, 0.4) is 0 Å². The molecule has 0 saturated carbocycles. The first-order chi connectivity index (χ1) is 8.58. The lowest BCUT2D eigenvalue weighted by atomic mass is 10.0. The summed E-state index contributed by atoms with van der Waals surface area (Å²) in [6.07, 6.45) is 0.797. The molecule has 0 aliphatic rings. The summed E-state index contributed by atoms with van der Waals surface area (Å²) in [5, 5.41) is 10.5. The van der Waals surface area contributed by atoms with E-state index in [-0.39, 0.29) is 12.5 Å². The van der Waals surface area contributed by atoms with E-state index in [0.717, 1.165) is 12.0 Å². The second-order valence-corrected chi connectivity index (χ2v) is 4.03. The maximum Gasteiger partial charge on any atom is 0.161 e. The molecule has 0 unspecified atom stereocenters. The van der Waals surface area contributed by atoms with Crippen molar-refractivity contribution in [2.24, 2.45) is 0 Å². The van der Waals surface area contributed by atoms with Gasteiger partial charge in [-0.05, 0) is 24.6 Å². The fraction of sp³-hybridized carbons (Fsp3) is 0.462. The number of hydrogen-bond acceptors (Lipinski definition) is 4. The van der Waals surface area contributed by atoms with E-state index in [1.165, 1.54) is 0 Å². The molecule has 5 nitrogen and oxygen atoms in total. The first-order valence-corrected chi connectivity index (χ1v) is 5.92. The number of ether oxygens (including phenoxy) is 2. The van der Waals surface area contributed by atoms with E-state index < -0.39 is 5.97 Å². The zero-order valence-electron chi connectivity index (χ0n) is 10.8. The molecule has 1 atom stereocenters. The van der Waals surface area contributed by atoms with Crippen LogP contribution >= 0.6 is 0 Å². The van der Waals surface area contributed by atoms with Crippen LogP contribution in [0.1, 0.15) is 31.4 Å². The van der Waals surface area contributed by atoms with Crippen LogP contribution in [0.15, 0.2) is 18.2 Å². The molecule has 0 radical (unpaired) electrons. The number of quaternary nitrogens is 1. The Morgan fingerprint density at radius 1 is 1.44 bits per heavy atom. The smallest absolute Gasteiger partial charge is 0.161 e. The summed E-state index contributed by atoms with van der Waals surface area (Å²) < 4.78 is 10.7. The maximum absolute atomic E-state index is 10.5. The molecule has 1 aromatic rings. The Balaban J connectivity index is 2.86. The van der Waals surface area contributed by atoms with Crippen molar-refractivity contribution in [2.75, 3.05) is 13.7 Å². The van der Waals surface area contributed by atoms with Gasteiger partial charge in [-0.25, -0.2) is 0 Å². The van der Waals surface area contributed by atoms with E-state index in [9.17, 15) is 9.90 Å². The lowest BCUT2D eigenvalue weighted by Crippen LogP contribution is -2.55. The number of carboxylic acids is 1. The fourth-order valence-corrected chi connectivity index (χ4v) is 1.59. The van der Waals surface area contributed by atoms with Gasteiger partial charge in [-0.1, -0.05) is 6.92 Å². The molecule has 1 aromatic carbocycles. The molecule has 0 amide bonds. The van der Waals surface area contributed by atoms with E-state index in [1.54, 1.807) is 25.3 Å². The number of carbonyl (C=O) groups is 1. The summed E-state index contributed by atoms with van der Waals surface area (Å²) in [5.74, 6) is 0.136. The lowest BCUT2D eigenvalue weighted by Gasteiger charge is -2.14. The van der Waals surface area contributed by atoms with Gasteiger partial charge in [0.05, 0.1) is 13.7 Å². The van der Waals surface area contributed by atoms with Crippen LogP contribution < -0.4 is 20.3 Å². The lowest BCUT2D eigenvalue weighted by molar-refractivity contribution is -0.430. The fourth-order valence-electron chi connectivity index (χ4n) is 1.59. The first kappa shape index (κ1) is 14.3. The minimum atomic E-state index is -1.11. The molecule has 0 fully saturated rings. The molecular weight excluding hydrogens is 234 g/mol. The predicted octanol–water partition coefficient (Wildman–Crippen LogP) is -0.0930. The van der Waals surface area contributed by atoms with E-state index in [4.69, 9.17) is 9.47 Å². The average Bonchev–Trinajstić information content (AvgIpc) is 2.35. The second kappa shape index (κ2) is 6.86. The molecule has 0 aliphatic carbocycles. The van der Waals surface area contributed by atoms with Gasteiger partial charge in [0.1, 0.15) is 6.04 Å². The summed E-state index contributed by atoms with van der Waals surface area (Å²) >= 11 is 0. The Morgan fingerprint density at radius 3 is 2.72 bits per heavy atom. The number of carboxylic acid groups (broad SMARTS) is 1. The van der Waals surface area contributed by atoms with Crippen molar-refractivity contribution in [2.45, 2.75) is 25.8 Å². The highest BCUT2D eigenvalue weighted by Crippen LogP contribution is 2.30. The van der Waals surface area contributed by atoms with Crippen molar-refractivity contribution in [3.05, 3.63) is 23.8 Å². The van der Waals surface area contributed by atoms with Gasteiger partial charge in [-0.3, -0.25) is 0 Å². The highest BCUT2D eigenvalue weighted by Gasteiger charge is 2.13. The minimum Gasteiger partial charge on any atom is -0.550 e. The molecule has 100 valence electrons. The van der Waals surface area contributed by atoms with E-state index in [1.807, 2.05) is 6.92 Å². The first-order valence-electron chi connectivity index (χ1n) is 5.92. The van der Waals surface area contributed by atoms with Crippen LogP contribution in [0, 0.1) is 0 Å². The molecule has 0 bridgehead atoms. The Bertz CT molecular complexity index is 406. The Hall–Kier alpha value is -1.75. The van der Waals surface area contributed by atoms with E-state index in [2.05, 4.69) is 5.73 Å².